The fraction of sp³-hybridized carbons (Fsp3) is 0.286. The minimum Gasteiger partial charge on any atom is -0.342 e. The summed E-state index contributed by atoms with van der Waals surface area (Å²) in [4.78, 5) is 72.6. The molecular weight excluding hydrogens is 608 g/mol. The minimum atomic E-state index is -0.604. The van der Waals surface area contributed by atoms with Crippen LogP contribution in [0.5, 0.6) is 0 Å². The third kappa shape index (κ3) is 8.94. The van der Waals surface area contributed by atoms with Crippen LogP contribution in [0.25, 0.3) is 12.2 Å². The quantitative estimate of drug-likeness (QED) is 0.110. The van der Waals surface area contributed by atoms with Crippen molar-refractivity contribution in [2.75, 3.05) is 39.3 Å². The molecule has 2 aromatic rings. The molecule has 2 fully saturated rings. The first-order chi connectivity index (χ1) is 21.7. The lowest BCUT2D eigenvalue weighted by molar-refractivity contribution is -0.388. The van der Waals surface area contributed by atoms with Gasteiger partial charge in [0.15, 0.2) is 0 Å². The molecule has 2 aliphatic rings. The molecule has 2 atom stereocenters. The van der Waals surface area contributed by atoms with E-state index in [1.54, 1.807) is 12.1 Å². The second kappa shape index (κ2) is 15.6. The summed E-state index contributed by atoms with van der Waals surface area (Å²) in [5.41, 5.74) is 0.174. The van der Waals surface area contributed by atoms with Crippen molar-refractivity contribution in [1.82, 2.24) is 31.1 Å². The highest BCUT2D eigenvalue weighted by atomic mass is 32.2. The standard InChI is InChI=1S/C28H30N8O8S/c37-17-31-25-15-33(11-9-29-25)27(39)7-3-19-1-5-23(21(13-19)35(41)42)45-24-6-2-20(14-22(24)36(43)44)4-8-28(40)34-12-10-30-26(16-34)32-18-38/h1-8,13-14,17-18,25-26,29-30H,9-12,15-16H2,(H,31,37)(H,32,38)/b7-3+,8-4+. The summed E-state index contributed by atoms with van der Waals surface area (Å²) in [6, 6.07) is 8.60. The smallest absolute Gasteiger partial charge is 0.283 e. The Bertz CT molecular complexity index is 1420. The first-order valence-corrected chi connectivity index (χ1v) is 14.5. The highest BCUT2D eigenvalue weighted by molar-refractivity contribution is 7.99. The second-order valence-electron chi connectivity index (χ2n) is 9.89. The van der Waals surface area contributed by atoms with Crippen molar-refractivity contribution < 1.29 is 29.0 Å². The maximum atomic E-state index is 12.6. The molecule has 2 saturated heterocycles. The zero-order chi connectivity index (χ0) is 32.3. The van der Waals surface area contributed by atoms with Crippen LogP contribution in [0.15, 0.2) is 58.3 Å². The van der Waals surface area contributed by atoms with Crippen LogP contribution in [0.4, 0.5) is 11.4 Å². The average Bonchev–Trinajstić information content (AvgIpc) is 3.03. The number of benzene rings is 2. The van der Waals surface area contributed by atoms with E-state index in [-0.39, 0.29) is 58.4 Å². The predicted octanol–water partition coefficient (Wildman–Crippen LogP) is 0.688. The molecule has 0 bridgehead atoms. The van der Waals surface area contributed by atoms with Gasteiger partial charge in [-0.25, -0.2) is 0 Å². The van der Waals surface area contributed by atoms with Crippen LogP contribution < -0.4 is 21.3 Å². The number of nitro groups is 2. The van der Waals surface area contributed by atoms with Gasteiger partial charge in [-0.1, -0.05) is 23.9 Å². The fourth-order valence-corrected chi connectivity index (χ4v) is 5.67. The van der Waals surface area contributed by atoms with Gasteiger partial charge in [0.2, 0.25) is 24.6 Å². The van der Waals surface area contributed by atoms with Crippen LogP contribution >= 0.6 is 11.8 Å². The number of carbonyl (C=O) groups excluding carboxylic acids is 4. The Morgan fingerprint density at radius 1 is 0.778 bits per heavy atom. The molecule has 0 saturated carbocycles. The van der Waals surface area contributed by atoms with Gasteiger partial charge in [0.25, 0.3) is 11.4 Å². The normalized spacial score (nSPS) is 18.5. The zero-order valence-electron chi connectivity index (χ0n) is 23.8. The van der Waals surface area contributed by atoms with Crippen molar-refractivity contribution in [3.8, 4) is 0 Å². The number of carbonyl (C=O) groups is 4. The van der Waals surface area contributed by atoms with Crippen LogP contribution in [0, 0.1) is 20.2 Å². The summed E-state index contributed by atoms with van der Waals surface area (Å²) >= 11 is 0.852. The average molecular weight is 639 g/mol. The van der Waals surface area contributed by atoms with Gasteiger partial charge in [-0.15, -0.1) is 0 Å². The molecule has 236 valence electrons. The summed E-state index contributed by atoms with van der Waals surface area (Å²) in [6.45, 7) is 2.35. The Balaban J connectivity index is 1.47. The largest absolute Gasteiger partial charge is 0.342 e. The molecule has 0 aliphatic carbocycles. The molecule has 4 rings (SSSR count). The number of hydrogen-bond acceptors (Lipinski definition) is 11. The SMILES string of the molecule is O=CNC1CN(C(=O)/C=C/c2ccc(Sc3ccc(/C=C/C(=O)N4CCNC(NC=O)C4)cc3[N+](=O)[O-])c([N+](=O)[O-])c2)CCN1. The number of nitrogens with zero attached hydrogens (tertiary/aromatic N) is 4. The van der Waals surface area contributed by atoms with E-state index in [9.17, 15) is 39.4 Å². The van der Waals surface area contributed by atoms with Crippen LogP contribution in [-0.4, -0.2) is 95.9 Å². The summed E-state index contributed by atoms with van der Waals surface area (Å²) < 4.78 is 0. The zero-order valence-corrected chi connectivity index (χ0v) is 24.6. The lowest BCUT2D eigenvalue weighted by Crippen LogP contribution is -2.57. The Labute approximate surface area is 261 Å². The summed E-state index contributed by atoms with van der Waals surface area (Å²) in [7, 11) is 0. The molecule has 2 aliphatic heterocycles. The van der Waals surface area contributed by atoms with E-state index in [1.165, 1.54) is 58.4 Å². The Morgan fingerprint density at radius 2 is 1.20 bits per heavy atom. The van der Waals surface area contributed by atoms with Gasteiger partial charge in [0.05, 0.1) is 45.1 Å². The molecule has 2 heterocycles. The van der Waals surface area contributed by atoms with E-state index < -0.39 is 9.85 Å². The van der Waals surface area contributed by atoms with E-state index in [4.69, 9.17) is 0 Å². The molecule has 0 aromatic heterocycles. The van der Waals surface area contributed by atoms with E-state index in [0.29, 0.717) is 50.1 Å². The maximum absolute atomic E-state index is 12.6. The molecule has 17 heteroatoms. The Morgan fingerprint density at radius 3 is 1.58 bits per heavy atom. The molecule has 0 spiro atoms. The first-order valence-electron chi connectivity index (χ1n) is 13.7. The topological polar surface area (TPSA) is 209 Å². The van der Waals surface area contributed by atoms with Crippen molar-refractivity contribution in [1.29, 1.82) is 0 Å². The van der Waals surface area contributed by atoms with Crippen molar-refractivity contribution in [2.45, 2.75) is 22.1 Å². The highest BCUT2D eigenvalue weighted by Crippen LogP contribution is 2.40. The van der Waals surface area contributed by atoms with Crippen LogP contribution in [0.3, 0.4) is 0 Å². The number of amides is 4. The molecule has 2 unspecified atom stereocenters. The van der Waals surface area contributed by atoms with Crippen molar-refractivity contribution in [3.63, 3.8) is 0 Å². The third-order valence-electron chi connectivity index (χ3n) is 6.93. The van der Waals surface area contributed by atoms with E-state index in [0.717, 1.165) is 11.8 Å². The summed E-state index contributed by atoms with van der Waals surface area (Å²) in [6.07, 6.45) is 5.81. The number of rotatable bonds is 12. The van der Waals surface area contributed by atoms with Gasteiger partial charge >= 0.3 is 0 Å². The molecule has 2 aromatic carbocycles. The third-order valence-corrected chi connectivity index (χ3v) is 8.06. The molecule has 4 N–H and O–H groups in total. The number of hydrogen-bond donors (Lipinski definition) is 4. The number of piperazine rings is 2. The first kappa shape index (κ1) is 32.8. The van der Waals surface area contributed by atoms with Gasteiger partial charge in [-0.05, 0) is 35.4 Å². The van der Waals surface area contributed by atoms with Crippen LogP contribution in [0.2, 0.25) is 0 Å². The summed E-state index contributed by atoms with van der Waals surface area (Å²) in [5, 5.41) is 35.1. The van der Waals surface area contributed by atoms with Gasteiger partial charge in [0, 0.05) is 50.5 Å². The van der Waals surface area contributed by atoms with E-state index in [2.05, 4.69) is 21.3 Å². The lowest BCUT2D eigenvalue weighted by Gasteiger charge is -2.32. The van der Waals surface area contributed by atoms with Gasteiger partial charge < -0.3 is 20.4 Å². The monoisotopic (exact) mass is 638 g/mol. The van der Waals surface area contributed by atoms with Crippen LogP contribution in [0.1, 0.15) is 11.1 Å². The second-order valence-corrected chi connectivity index (χ2v) is 11.0. The minimum absolute atomic E-state index is 0.159. The Hall–Kier alpha value is -5.13. The van der Waals surface area contributed by atoms with E-state index >= 15 is 0 Å². The predicted molar refractivity (Wildman–Crippen MR) is 164 cm³/mol. The fourth-order valence-electron chi connectivity index (χ4n) is 4.69. The number of nitro benzene ring substituents is 2. The summed E-state index contributed by atoms with van der Waals surface area (Å²) in [5.74, 6) is -0.650. The van der Waals surface area contributed by atoms with Gasteiger partial charge in [0.1, 0.15) is 0 Å². The lowest BCUT2D eigenvalue weighted by atomic mass is 10.1. The van der Waals surface area contributed by atoms with Gasteiger partial charge in [-0.2, -0.15) is 0 Å². The Kier molecular flexibility index (Phi) is 11.3. The van der Waals surface area contributed by atoms with Crippen molar-refractivity contribution >= 4 is 59.9 Å². The van der Waals surface area contributed by atoms with E-state index in [1.807, 2.05) is 0 Å². The van der Waals surface area contributed by atoms with Crippen LogP contribution in [-0.2, 0) is 19.2 Å². The molecule has 16 nitrogen and oxygen atoms in total. The maximum Gasteiger partial charge on any atom is 0.283 e. The molecule has 4 amide bonds. The van der Waals surface area contributed by atoms with Crippen molar-refractivity contribution in [2.24, 2.45) is 0 Å². The number of nitrogens with one attached hydrogen (secondary N) is 4. The van der Waals surface area contributed by atoms with Crippen molar-refractivity contribution in [3.05, 3.63) is 79.9 Å². The molecule has 45 heavy (non-hydrogen) atoms. The molecular formula is C28H30N8O8S. The molecule has 0 radical (unpaired) electrons. The van der Waals surface area contributed by atoms with Gasteiger partial charge in [-0.3, -0.25) is 50.0 Å². The highest BCUT2D eigenvalue weighted by Gasteiger charge is 2.24.